The van der Waals surface area contributed by atoms with Gasteiger partial charge in [-0.1, -0.05) is 51.8 Å². The Morgan fingerprint density at radius 3 is 2.38 bits per heavy atom. The van der Waals surface area contributed by atoms with Gasteiger partial charge in [-0.3, -0.25) is 14.4 Å². The molecule has 6 nitrogen and oxygen atoms in total. The molecule has 0 saturated carbocycles. The second kappa shape index (κ2) is 11.0. The third-order valence-corrected chi connectivity index (χ3v) is 5.48. The molecule has 160 valence electrons. The van der Waals surface area contributed by atoms with Crippen LogP contribution < -0.4 is 5.32 Å². The smallest absolute Gasteiger partial charge is 0.254 e. The van der Waals surface area contributed by atoms with E-state index in [0.29, 0.717) is 31.6 Å². The molecule has 0 radical (unpaired) electrons. The topological polar surface area (TPSA) is 69.7 Å². The van der Waals surface area contributed by atoms with Crippen molar-refractivity contribution in [2.24, 2.45) is 5.92 Å². The Labute approximate surface area is 174 Å². The number of nitrogens with zero attached hydrogens (tertiary/aromatic N) is 2. The van der Waals surface area contributed by atoms with E-state index in [4.69, 9.17) is 0 Å². The van der Waals surface area contributed by atoms with Crippen LogP contribution in [0.5, 0.6) is 0 Å². The quantitative estimate of drug-likeness (QED) is 0.681. The summed E-state index contributed by atoms with van der Waals surface area (Å²) in [5.41, 5.74) is 0.665. The van der Waals surface area contributed by atoms with E-state index in [2.05, 4.69) is 12.2 Å². The van der Waals surface area contributed by atoms with E-state index in [0.717, 1.165) is 19.3 Å². The van der Waals surface area contributed by atoms with Gasteiger partial charge in [0.1, 0.15) is 6.04 Å². The number of hydrogen-bond acceptors (Lipinski definition) is 3. The van der Waals surface area contributed by atoms with Crippen LogP contribution in [0, 0.1) is 5.92 Å². The summed E-state index contributed by atoms with van der Waals surface area (Å²) in [4.78, 5) is 41.7. The molecule has 0 aromatic heterocycles. The van der Waals surface area contributed by atoms with Crippen LogP contribution in [0.15, 0.2) is 30.3 Å². The molecule has 1 N–H and O–H groups in total. The molecule has 1 aliphatic heterocycles. The van der Waals surface area contributed by atoms with Crippen molar-refractivity contribution >= 4 is 17.7 Å². The third kappa shape index (κ3) is 6.31. The second-order valence-electron chi connectivity index (χ2n) is 8.24. The van der Waals surface area contributed by atoms with Gasteiger partial charge in [0.05, 0.1) is 0 Å². The summed E-state index contributed by atoms with van der Waals surface area (Å²) in [5.74, 6) is -0.106. The van der Waals surface area contributed by atoms with Gasteiger partial charge in [0.2, 0.25) is 11.8 Å². The lowest BCUT2D eigenvalue weighted by atomic mass is 10.0. The minimum absolute atomic E-state index is 0.00478. The normalized spacial score (nSPS) is 17.9. The van der Waals surface area contributed by atoms with Crippen LogP contribution in [0.3, 0.4) is 0 Å². The molecular formula is C23H35N3O3. The maximum absolute atomic E-state index is 13.1. The molecule has 1 saturated heterocycles. The minimum atomic E-state index is -0.521. The predicted octanol–water partition coefficient (Wildman–Crippen LogP) is 3.08. The molecule has 1 aromatic rings. The monoisotopic (exact) mass is 401 g/mol. The number of carbonyl (C=O) groups is 3. The van der Waals surface area contributed by atoms with E-state index in [1.807, 2.05) is 56.0 Å². The molecule has 2 unspecified atom stereocenters. The summed E-state index contributed by atoms with van der Waals surface area (Å²) in [6, 6.07) is 8.63. The Morgan fingerprint density at radius 1 is 1.10 bits per heavy atom. The Bertz CT molecular complexity index is 690. The van der Waals surface area contributed by atoms with E-state index in [9.17, 15) is 14.4 Å². The third-order valence-electron chi connectivity index (χ3n) is 5.48. The molecule has 0 aliphatic carbocycles. The molecule has 3 amide bonds. The van der Waals surface area contributed by atoms with E-state index < -0.39 is 6.04 Å². The standard InChI is InChI=1S/C23H35N3O3/c1-5-6-8-13-20(27)24-21(17(2)3)23(29)25-14-15-26(18(4)16-25)22(28)19-11-9-7-10-12-19/h7,9-12,17-18,21H,5-6,8,13-16H2,1-4H3,(H,24,27). The molecule has 6 heteroatoms. The summed E-state index contributed by atoms with van der Waals surface area (Å²) in [6.45, 7) is 9.43. The molecular weight excluding hydrogens is 366 g/mol. The van der Waals surface area contributed by atoms with Gasteiger partial charge in [-0.05, 0) is 31.4 Å². The molecule has 29 heavy (non-hydrogen) atoms. The van der Waals surface area contributed by atoms with Crippen LogP contribution in [0.25, 0.3) is 0 Å². The van der Waals surface area contributed by atoms with E-state index >= 15 is 0 Å². The van der Waals surface area contributed by atoms with Crippen LogP contribution >= 0.6 is 0 Å². The number of carbonyl (C=O) groups excluding carboxylic acids is 3. The van der Waals surface area contributed by atoms with Gasteiger partial charge < -0.3 is 15.1 Å². The van der Waals surface area contributed by atoms with E-state index in [1.165, 1.54) is 0 Å². The Hall–Kier alpha value is -2.37. The van der Waals surface area contributed by atoms with Gasteiger partial charge >= 0.3 is 0 Å². The average Bonchev–Trinajstić information content (AvgIpc) is 2.71. The number of benzene rings is 1. The van der Waals surface area contributed by atoms with E-state index in [-0.39, 0.29) is 29.7 Å². The van der Waals surface area contributed by atoms with Crippen molar-refractivity contribution in [2.45, 2.75) is 65.5 Å². The Morgan fingerprint density at radius 2 is 1.79 bits per heavy atom. The fourth-order valence-corrected chi connectivity index (χ4v) is 3.70. The number of unbranched alkanes of at least 4 members (excludes halogenated alkanes) is 2. The van der Waals surface area contributed by atoms with Crippen LogP contribution in [-0.2, 0) is 9.59 Å². The van der Waals surface area contributed by atoms with Crippen molar-refractivity contribution in [3.8, 4) is 0 Å². The van der Waals surface area contributed by atoms with Crippen molar-refractivity contribution < 1.29 is 14.4 Å². The number of rotatable bonds is 8. The first-order valence-electron chi connectivity index (χ1n) is 10.8. The number of piperazine rings is 1. The van der Waals surface area contributed by atoms with Crippen molar-refractivity contribution in [3.05, 3.63) is 35.9 Å². The van der Waals surface area contributed by atoms with Crippen LogP contribution in [-0.4, -0.2) is 59.2 Å². The van der Waals surface area contributed by atoms with Gasteiger partial charge in [-0.25, -0.2) is 0 Å². The second-order valence-corrected chi connectivity index (χ2v) is 8.24. The molecule has 1 aliphatic rings. The first-order valence-corrected chi connectivity index (χ1v) is 10.8. The maximum Gasteiger partial charge on any atom is 0.254 e. The first-order chi connectivity index (χ1) is 13.8. The lowest BCUT2D eigenvalue weighted by molar-refractivity contribution is -0.139. The minimum Gasteiger partial charge on any atom is -0.344 e. The van der Waals surface area contributed by atoms with Crippen molar-refractivity contribution in [2.75, 3.05) is 19.6 Å². The Kier molecular flexibility index (Phi) is 8.68. The summed E-state index contributed by atoms with van der Waals surface area (Å²) >= 11 is 0. The molecule has 2 atom stereocenters. The van der Waals surface area contributed by atoms with Crippen molar-refractivity contribution in [1.29, 1.82) is 0 Å². The van der Waals surface area contributed by atoms with Gasteiger partial charge in [-0.2, -0.15) is 0 Å². The first kappa shape index (κ1) is 22.9. The van der Waals surface area contributed by atoms with Crippen LogP contribution in [0.2, 0.25) is 0 Å². The van der Waals surface area contributed by atoms with Gasteiger partial charge in [0.15, 0.2) is 0 Å². The van der Waals surface area contributed by atoms with Crippen molar-refractivity contribution in [1.82, 2.24) is 15.1 Å². The Balaban J connectivity index is 1.96. The molecule has 0 bridgehead atoms. The molecule has 1 aromatic carbocycles. The largest absolute Gasteiger partial charge is 0.344 e. The highest BCUT2D eigenvalue weighted by Gasteiger charge is 2.34. The van der Waals surface area contributed by atoms with Gasteiger partial charge in [0, 0.05) is 37.7 Å². The zero-order valence-electron chi connectivity index (χ0n) is 18.2. The highest BCUT2D eigenvalue weighted by Crippen LogP contribution is 2.17. The lowest BCUT2D eigenvalue weighted by Crippen LogP contribution is -2.59. The average molecular weight is 402 g/mol. The predicted molar refractivity (Wildman–Crippen MR) is 114 cm³/mol. The zero-order valence-corrected chi connectivity index (χ0v) is 18.2. The fraction of sp³-hybridized carbons (Fsp3) is 0.609. The van der Waals surface area contributed by atoms with E-state index in [1.54, 1.807) is 4.90 Å². The lowest BCUT2D eigenvalue weighted by Gasteiger charge is -2.41. The number of nitrogens with one attached hydrogen (secondary N) is 1. The fourth-order valence-electron chi connectivity index (χ4n) is 3.70. The molecule has 0 spiro atoms. The molecule has 1 heterocycles. The van der Waals surface area contributed by atoms with Crippen molar-refractivity contribution in [3.63, 3.8) is 0 Å². The summed E-state index contributed by atoms with van der Waals surface area (Å²) in [7, 11) is 0. The zero-order chi connectivity index (χ0) is 21.4. The highest BCUT2D eigenvalue weighted by molar-refractivity contribution is 5.94. The van der Waals surface area contributed by atoms with Crippen LogP contribution in [0.1, 0.15) is 63.7 Å². The number of amides is 3. The highest BCUT2D eigenvalue weighted by atomic mass is 16.2. The summed E-state index contributed by atoms with van der Waals surface area (Å²) in [6.07, 6.45) is 3.38. The van der Waals surface area contributed by atoms with Gasteiger partial charge in [-0.15, -0.1) is 0 Å². The molecule has 1 fully saturated rings. The van der Waals surface area contributed by atoms with Gasteiger partial charge in [0.25, 0.3) is 5.91 Å². The summed E-state index contributed by atoms with van der Waals surface area (Å²) < 4.78 is 0. The summed E-state index contributed by atoms with van der Waals surface area (Å²) in [5, 5.41) is 2.94. The van der Waals surface area contributed by atoms with Crippen LogP contribution in [0.4, 0.5) is 0 Å². The maximum atomic E-state index is 13.1. The molecule has 2 rings (SSSR count). The SMILES string of the molecule is CCCCCC(=O)NC(C(=O)N1CCN(C(=O)c2ccccc2)C(C)C1)C(C)C. The number of hydrogen-bond donors (Lipinski definition) is 1.